The molecule has 0 radical (unpaired) electrons. The summed E-state index contributed by atoms with van der Waals surface area (Å²) in [6, 6.07) is 4.75. The average molecular weight is 355 g/mol. The van der Waals surface area contributed by atoms with E-state index < -0.39 is 0 Å². The normalized spacial score (nSPS) is 20.8. The predicted molar refractivity (Wildman–Crippen MR) is 84.2 cm³/mol. The second-order valence-corrected chi connectivity index (χ2v) is 7.99. The van der Waals surface area contributed by atoms with E-state index in [0.29, 0.717) is 0 Å². The third kappa shape index (κ3) is 2.54. The molecular formula is C15H16BrFN2S. The molecule has 1 aromatic carbocycles. The monoisotopic (exact) mass is 354 g/mol. The van der Waals surface area contributed by atoms with Crippen molar-refractivity contribution in [3.05, 3.63) is 39.1 Å². The number of rotatable bonds is 1. The van der Waals surface area contributed by atoms with Crippen molar-refractivity contribution in [2.45, 2.75) is 32.7 Å². The summed E-state index contributed by atoms with van der Waals surface area (Å²) in [5.41, 5.74) is 8.50. The van der Waals surface area contributed by atoms with Crippen LogP contribution >= 0.6 is 27.3 Å². The van der Waals surface area contributed by atoms with Crippen LogP contribution in [0.4, 0.5) is 4.39 Å². The zero-order valence-corrected chi connectivity index (χ0v) is 13.8. The van der Waals surface area contributed by atoms with E-state index in [1.54, 1.807) is 17.4 Å². The van der Waals surface area contributed by atoms with Gasteiger partial charge in [0.25, 0.3) is 0 Å². The van der Waals surface area contributed by atoms with Crippen LogP contribution in [0.1, 0.15) is 36.9 Å². The quantitative estimate of drug-likeness (QED) is 0.806. The van der Waals surface area contributed by atoms with Gasteiger partial charge in [-0.3, -0.25) is 0 Å². The van der Waals surface area contributed by atoms with Crippen LogP contribution < -0.4 is 5.73 Å². The molecule has 0 saturated heterocycles. The fraction of sp³-hybridized carbons (Fsp3) is 0.400. The predicted octanol–water partition coefficient (Wildman–Crippen LogP) is 4.68. The van der Waals surface area contributed by atoms with E-state index >= 15 is 0 Å². The van der Waals surface area contributed by atoms with Gasteiger partial charge in [-0.2, -0.15) is 0 Å². The summed E-state index contributed by atoms with van der Waals surface area (Å²) in [7, 11) is 0. The lowest BCUT2D eigenvalue weighted by atomic mass is 9.77. The molecule has 1 unspecified atom stereocenters. The van der Waals surface area contributed by atoms with Crippen molar-refractivity contribution < 1.29 is 4.39 Å². The molecule has 0 fully saturated rings. The number of nitrogens with two attached hydrogens (primary N) is 1. The maximum absolute atomic E-state index is 13.2. The zero-order valence-electron chi connectivity index (χ0n) is 11.4. The van der Waals surface area contributed by atoms with Crippen LogP contribution in [0.15, 0.2) is 22.7 Å². The third-order valence-corrected chi connectivity index (χ3v) is 5.56. The Morgan fingerprint density at radius 1 is 1.45 bits per heavy atom. The average Bonchev–Trinajstić information content (AvgIpc) is 2.70. The lowest BCUT2D eigenvalue weighted by Crippen LogP contribution is -2.28. The van der Waals surface area contributed by atoms with E-state index in [1.807, 2.05) is 0 Å². The maximum atomic E-state index is 13.2. The van der Waals surface area contributed by atoms with E-state index in [9.17, 15) is 4.39 Å². The molecule has 2 nitrogen and oxygen atoms in total. The molecule has 0 amide bonds. The van der Waals surface area contributed by atoms with Crippen LogP contribution in [0, 0.1) is 11.2 Å². The van der Waals surface area contributed by atoms with Crippen molar-refractivity contribution in [3.8, 4) is 10.6 Å². The number of thiazole rings is 1. The van der Waals surface area contributed by atoms with E-state index in [0.717, 1.165) is 33.6 Å². The highest BCUT2D eigenvalue weighted by Gasteiger charge is 2.33. The summed E-state index contributed by atoms with van der Waals surface area (Å²) in [4.78, 5) is 5.92. The highest BCUT2D eigenvalue weighted by Crippen LogP contribution is 2.44. The van der Waals surface area contributed by atoms with E-state index in [4.69, 9.17) is 10.7 Å². The van der Waals surface area contributed by atoms with Gasteiger partial charge < -0.3 is 5.73 Å². The summed E-state index contributed by atoms with van der Waals surface area (Å²) < 4.78 is 13.9. The van der Waals surface area contributed by atoms with Crippen molar-refractivity contribution in [2.24, 2.45) is 11.1 Å². The molecule has 1 atom stereocenters. The van der Waals surface area contributed by atoms with E-state index in [2.05, 4.69) is 29.8 Å². The van der Waals surface area contributed by atoms with Crippen molar-refractivity contribution in [2.75, 3.05) is 0 Å². The largest absolute Gasteiger partial charge is 0.323 e. The molecule has 3 rings (SSSR count). The Bertz CT molecular complexity index is 666. The molecule has 1 aliphatic rings. The number of benzene rings is 1. The van der Waals surface area contributed by atoms with E-state index in [-0.39, 0.29) is 17.3 Å². The molecule has 1 aromatic heterocycles. The van der Waals surface area contributed by atoms with Gasteiger partial charge in [0.2, 0.25) is 0 Å². The van der Waals surface area contributed by atoms with Gasteiger partial charge >= 0.3 is 0 Å². The highest BCUT2D eigenvalue weighted by atomic mass is 79.9. The standard InChI is InChI=1S/C15H16BrFN2S/c1-15(2)6-11(18)13-12(7-15)19-14(20-13)9-4-3-8(17)5-10(9)16/h3-5,11H,6-7,18H2,1-2H3. The minimum atomic E-state index is -0.250. The number of hydrogen-bond donors (Lipinski definition) is 1. The lowest BCUT2D eigenvalue weighted by molar-refractivity contribution is 0.282. The minimum absolute atomic E-state index is 0.0548. The van der Waals surface area contributed by atoms with Crippen LogP contribution in [-0.2, 0) is 6.42 Å². The highest BCUT2D eigenvalue weighted by molar-refractivity contribution is 9.10. The van der Waals surface area contributed by atoms with Gasteiger partial charge in [0, 0.05) is 21.0 Å². The van der Waals surface area contributed by atoms with Gasteiger partial charge in [-0.15, -0.1) is 11.3 Å². The molecular weight excluding hydrogens is 339 g/mol. The number of hydrogen-bond acceptors (Lipinski definition) is 3. The smallest absolute Gasteiger partial charge is 0.125 e. The first kappa shape index (κ1) is 14.2. The third-order valence-electron chi connectivity index (χ3n) is 3.64. The summed E-state index contributed by atoms with van der Waals surface area (Å²) >= 11 is 5.04. The van der Waals surface area contributed by atoms with Crippen molar-refractivity contribution in [3.63, 3.8) is 0 Å². The molecule has 1 aliphatic carbocycles. The molecule has 0 saturated carbocycles. The van der Waals surface area contributed by atoms with Crippen molar-refractivity contribution >= 4 is 27.3 Å². The van der Waals surface area contributed by atoms with Crippen molar-refractivity contribution in [1.82, 2.24) is 4.98 Å². The molecule has 1 heterocycles. The molecule has 20 heavy (non-hydrogen) atoms. The Balaban J connectivity index is 2.06. The van der Waals surface area contributed by atoms with Gasteiger partial charge in [0.1, 0.15) is 10.8 Å². The SMILES string of the molecule is CC1(C)Cc2nc(-c3ccc(F)cc3Br)sc2C(N)C1. The maximum Gasteiger partial charge on any atom is 0.125 e. The number of aromatic nitrogens is 1. The number of halogens is 2. The summed E-state index contributed by atoms with van der Waals surface area (Å²) in [5.74, 6) is -0.250. The molecule has 0 aliphatic heterocycles. The van der Waals surface area contributed by atoms with Crippen LogP contribution in [0.25, 0.3) is 10.6 Å². The van der Waals surface area contributed by atoms with Gasteiger partial charge in [0.05, 0.1) is 5.69 Å². The number of nitrogens with zero attached hydrogens (tertiary/aromatic N) is 1. The van der Waals surface area contributed by atoms with Gasteiger partial charge in [-0.25, -0.2) is 9.37 Å². The van der Waals surface area contributed by atoms with Crippen LogP contribution in [-0.4, -0.2) is 4.98 Å². The minimum Gasteiger partial charge on any atom is -0.323 e. The molecule has 0 bridgehead atoms. The molecule has 2 N–H and O–H groups in total. The van der Waals surface area contributed by atoms with Crippen LogP contribution in [0.3, 0.4) is 0 Å². The lowest BCUT2D eigenvalue weighted by Gasteiger charge is -2.32. The second-order valence-electron chi connectivity index (χ2n) is 6.11. The van der Waals surface area contributed by atoms with Crippen LogP contribution in [0.5, 0.6) is 0 Å². The van der Waals surface area contributed by atoms with E-state index in [1.165, 1.54) is 17.0 Å². The summed E-state index contributed by atoms with van der Waals surface area (Å²) in [6.07, 6.45) is 1.93. The van der Waals surface area contributed by atoms with Crippen molar-refractivity contribution in [1.29, 1.82) is 0 Å². The van der Waals surface area contributed by atoms with Gasteiger partial charge in [0.15, 0.2) is 0 Å². The fourth-order valence-corrected chi connectivity index (χ4v) is 4.56. The second kappa shape index (κ2) is 4.90. The fourth-order valence-electron chi connectivity index (χ4n) is 2.77. The Hall–Kier alpha value is -0.780. The van der Waals surface area contributed by atoms with Gasteiger partial charge in [-0.1, -0.05) is 13.8 Å². The Labute approximate surface area is 130 Å². The number of fused-ring (bicyclic) bond motifs is 1. The summed E-state index contributed by atoms with van der Waals surface area (Å²) in [5, 5.41) is 0.912. The zero-order chi connectivity index (χ0) is 14.5. The summed E-state index contributed by atoms with van der Waals surface area (Å²) in [6.45, 7) is 4.45. The molecule has 2 aromatic rings. The molecule has 5 heteroatoms. The first-order chi connectivity index (χ1) is 9.35. The first-order valence-corrected chi connectivity index (χ1v) is 8.17. The van der Waals surface area contributed by atoms with Gasteiger partial charge in [-0.05, 0) is 52.4 Å². The molecule has 0 spiro atoms. The Kier molecular flexibility index (Phi) is 3.47. The first-order valence-electron chi connectivity index (χ1n) is 6.56. The molecule has 106 valence electrons. The van der Waals surface area contributed by atoms with Crippen LogP contribution in [0.2, 0.25) is 0 Å². The topological polar surface area (TPSA) is 38.9 Å². The Morgan fingerprint density at radius 3 is 2.90 bits per heavy atom. The Morgan fingerprint density at radius 2 is 2.20 bits per heavy atom.